The first-order chi connectivity index (χ1) is 11.0. The van der Waals surface area contributed by atoms with Gasteiger partial charge in [-0.2, -0.15) is 4.31 Å². The summed E-state index contributed by atoms with van der Waals surface area (Å²) < 4.78 is 26.9. The van der Waals surface area contributed by atoms with Gasteiger partial charge in [0, 0.05) is 35.4 Å². The summed E-state index contributed by atoms with van der Waals surface area (Å²) in [5, 5.41) is 1.90. The van der Waals surface area contributed by atoms with E-state index in [0.29, 0.717) is 11.6 Å². The smallest absolute Gasteiger partial charge is 0.236 e. The van der Waals surface area contributed by atoms with Crippen LogP contribution in [0.3, 0.4) is 0 Å². The third kappa shape index (κ3) is 4.41. The fourth-order valence-electron chi connectivity index (χ4n) is 2.27. The summed E-state index contributed by atoms with van der Waals surface area (Å²) in [5.74, 6) is 0. The molecule has 2 aromatic rings. The second-order valence-electron chi connectivity index (χ2n) is 5.53. The van der Waals surface area contributed by atoms with E-state index in [2.05, 4.69) is 4.98 Å². The van der Waals surface area contributed by atoms with Crippen molar-refractivity contribution >= 4 is 27.7 Å². The van der Waals surface area contributed by atoms with Crippen LogP contribution in [0.2, 0.25) is 5.02 Å². The lowest BCUT2D eigenvalue weighted by Gasteiger charge is -2.19. The van der Waals surface area contributed by atoms with Gasteiger partial charge in [0.25, 0.3) is 0 Å². The minimum atomic E-state index is -3.47. The van der Waals surface area contributed by atoms with Gasteiger partial charge >= 0.3 is 0 Å². The summed E-state index contributed by atoms with van der Waals surface area (Å²) in [4.78, 5) is 3.97. The lowest BCUT2D eigenvalue weighted by Crippen LogP contribution is -2.31. The molecule has 1 aliphatic rings. The maximum Gasteiger partial charge on any atom is 0.236 e. The Bertz CT molecular complexity index is 785. The zero-order valence-corrected chi connectivity index (χ0v) is 14.0. The summed E-state index contributed by atoms with van der Waals surface area (Å²) in [5.41, 5.74) is 1.74. The molecule has 1 aliphatic carbocycles. The predicted octanol–water partition coefficient (Wildman–Crippen LogP) is 3.70. The van der Waals surface area contributed by atoms with E-state index in [-0.39, 0.29) is 6.04 Å². The Hall–Kier alpha value is -1.69. The summed E-state index contributed by atoms with van der Waals surface area (Å²) in [6.45, 7) is 0.375. The van der Waals surface area contributed by atoms with Crippen molar-refractivity contribution in [2.45, 2.75) is 25.4 Å². The van der Waals surface area contributed by atoms with E-state index in [1.54, 1.807) is 47.0 Å². The van der Waals surface area contributed by atoms with Crippen molar-refractivity contribution < 1.29 is 8.42 Å². The van der Waals surface area contributed by atoms with E-state index in [1.165, 1.54) is 5.41 Å². The monoisotopic (exact) mass is 348 g/mol. The van der Waals surface area contributed by atoms with Crippen molar-refractivity contribution in [3.8, 4) is 0 Å². The molecule has 1 aromatic heterocycles. The molecule has 0 N–H and O–H groups in total. The van der Waals surface area contributed by atoms with Gasteiger partial charge in [-0.1, -0.05) is 23.7 Å². The quantitative estimate of drug-likeness (QED) is 0.799. The van der Waals surface area contributed by atoms with Crippen LogP contribution in [0.15, 0.2) is 54.2 Å². The fourth-order valence-corrected chi connectivity index (χ4v) is 3.84. The van der Waals surface area contributed by atoms with Crippen LogP contribution in [0.5, 0.6) is 0 Å². The number of halogens is 1. The second-order valence-corrected chi connectivity index (χ2v) is 7.74. The Balaban J connectivity index is 1.79. The maximum absolute atomic E-state index is 12.7. The number of sulfonamides is 1. The van der Waals surface area contributed by atoms with E-state index < -0.39 is 10.0 Å². The molecule has 0 bridgehead atoms. The second kappa shape index (κ2) is 6.83. The lowest BCUT2D eigenvalue weighted by atomic mass is 10.2. The minimum Gasteiger partial charge on any atom is -0.265 e. The Morgan fingerprint density at radius 1 is 1.13 bits per heavy atom. The first-order valence-corrected chi connectivity index (χ1v) is 9.27. The molecule has 120 valence electrons. The van der Waals surface area contributed by atoms with Crippen LogP contribution >= 0.6 is 11.6 Å². The largest absolute Gasteiger partial charge is 0.265 e. The van der Waals surface area contributed by atoms with Crippen molar-refractivity contribution in [3.05, 3.63) is 70.3 Å². The molecular weight excluding hydrogens is 332 g/mol. The van der Waals surface area contributed by atoms with Crippen LogP contribution in [0.25, 0.3) is 6.08 Å². The molecule has 1 saturated carbocycles. The first kappa shape index (κ1) is 16.2. The Labute approximate surface area is 141 Å². The molecule has 3 rings (SSSR count). The number of nitrogens with zero attached hydrogens (tertiary/aromatic N) is 2. The molecule has 1 heterocycles. The minimum absolute atomic E-state index is 0.100. The predicted molar refractivity (Wildman–Crippen MR) is 92.2 cm³/mol. The van der Waals surface area contributed by atoms with Crippen molar-refractivity contribution in [1.29, 1.82) is 0 Å². The van der Waals surface area contributed by atoms with Gasteiger partial charge in [-0.25, -0.2) is 8.42 Å². The molecule has 0 spiro atoms. The topological polar surface area (TPSA) is 50.3 Å². The highest BCUT2D eigenvalue weighted by molar-refractivity contribution is 7.92. The number of pyridine rings is 1. The number of rotatable bonds is 6. The Morgan fingerprint density at radius 3 is 2.39 bits per heavy atom. The average molecular weight is 349 g/mol. The molecule has 0 aliphatic heterocycles. The van der Waals surface area contributed by atoms with Gasteiger partial charge in [-0.05, 0) is 54.3 Å². The molecule has 0 unspecified atom stereocenters. The summed E-state index contributed by atoms with van der Waals surface area (Å²) in [6, 6.07) is 10.8. The zero-order valence-electron chi connectivity index (χ0n) is 12.5. The highest BCUT2D eigenvalue weighted by atomic mass is 35.5. The van der Waals surface area contributed by atoms with Crippen molar-refractivity contribution in [1.82, 2.24) is 9.29 Å². The molecule has 0 atom stereocenters. The molecule has 6 heteroatoms. The van der Waals surface area contributed by atoms with Gasteiger partial charge in [0.1, 0.15) is 0 Å². The zero-order chi connectivity index (χ0) is 16.3. The fraction of sp³-hybridized carbons (Fsp3) is 0.235. The van der Waals surface area contributed by atoms with Crippen LogP contribution < -0.4 is 0 Å². The van der Waals surface area contributed by atoms with Crippen molar-refractivity contribution in [2.75, 3.05) is 0 Å². The van der Waals surface area contributed by atoms with Gasteiger partial charge in [-0.3, -0.25) is 4.98 Å². The molecule has 0 amide bonds. The highest BCUT2D eigenvalue weighted by Crippen LogP contribution is 2.31. The van der Waals surface area contributed by atoms with E-state index in [1.807, 2.05) is 12.1 Å². The SMILES string of the molecule is O=S(=O)(/C=C\c1ccc(Cl)cc1)N(Cc1ccncc1)C1CC1. The molecule has 0 radical (unpaired) electrons. The standard InChI is InChI=1S/C17H17ClN2O2S/c18-16-3-1-14(2-4-16)9-12-23(21,22)20(17-5-6-17)13-15-7-10-19-11-8-15/h1-4,7-12,17H,5-6,13H2/b12-9-. The van der Waals surface area contributed by atoms with Crippen LogP contribution in [0.1, 0.15) is 24.0 Å². The van der Waals surface area contributed by atoms with Gasteiger partial charge in [0.2, 0.25) is 10.0 Å². The number of hydrogen-bond donors (Lipinski definition) is 0. The molecular formula is C17H17ClN2O2S. The summed E-state index contributed by atoms with van der Waals surface area (Å²) in [6.07, 6.45) is 6.79. The van der Waals surface area contributed by atoms with Gasteiger partial charge < -0.3 is 0 Å². The molecule has 0 saturated heterocycles. The Kier molecular flexibility index (Phi) is 4.80. The van der Waals surface area contributed by atoms with E-state index in [0.717, 1.165) is 24.0 Å². The third-order valence-electron chi connectivity index (χ3n) is 3.67. The van der Waals surface area contributed by atoms with E-state index in [9.17, 15) is 8.42 Å². The lowest BCUT2D eigenvalue weighted by molar-refractivity contribution is 0.405. The number of hydrogen-bond acceptors (Lipinski definition) is 3. The normalized spacial score (nSPS) is 15.4. The van der Waals surface area contributed by atoms with E-state index >= 15 is 0 Å². The molecule has 4 nitrogen and oxygen atoms in total. The highest BCUT2D eigenvalue weighted by Gasteiger charge is 2.35. The van der Waals surface area contributed by atoms with Gasteiger partial charge in [-0.15, -0.1) is 0 Å². The molecule has 23 heavy (non-hydrogen) atoms. The van der Waals surface area contributed by atoms with Gasteiger partial charge in [0.15, 0.2) is 0 Å². The van der Waals surface area contributed by atoms with Crippen LogP contribution in [0.4, 0.5) is 0 Å². The third-order valence-corrected chi connectivity index (χ3v) is 5.48. The summed E-state index contributed by atoms with van der Waals surface area (Å²) in [7, 11) is -3.47. The van der Waals surface area contributed by atoms with Crippen LogP contribution in [-0.4, -0.2) is 23.7 Å². The maximum atomic E-state index is 12.7. The molecule has 1 fully saturated rings. The van der Waals surface area contributed by atoms with Crippen LogP contribution in [-0.2, 0) is 16.6 Å². The van der Waals surface area contributed by atoms with Crippen LogP contribution in [0, 0.1) is 0 Å². The molecule has 1 aromatic carbocycles. The first-order valence-electron chi connectivity index (χ1n) is 7.39. The summed E-state index contributed by atoms with van der Waals surface area (Å²) >= 11 is 5.84. The van der Waals surface area contributed by atoms with E-state index in [4.69, 9.17) is 11.6 Å². The number of benzene rings is 1. The van der Waals surface area contributed by atoms with Crippen molar-refractivity contribution in [3.63, 3.8) is 0 Å². The number of aromatic nitrogens is 1. The van der Waals surface area contributed by atoms with Gasteiger partial charge in [0.05, 0.1) is 0 Å². The van der Waals surface area contributed by atoms with Crippen molar-refractivity contribution in [2.24, 2.45) is 0 Å². The Morgan fingerprint density at radius 2 is 1.78 bits per heavy atom. The average Bonchev–Trinajstić information content (AvgIpc) is 3.38.